The molecule has 5 nitrogen and oxygen atoms in total. The standard InChI is InChI=1S/C16H21NO4S/c1-22-14(15(18)19)13-8-5-9-17(10-13)16(20)21-11-12-6-3-2-4-7-12/h2-4,6-7,13-14H,5,8-11H2,1H3,(H,18,19). The molecule has 2 atom stereocenters. The van der Waals surface area contributed by atoms with E-state index in [-0.39, 0.29) is 18.6 Å². The summed E-state index contributed by atoms with van der Waals surface area (Å²) in [4.78, 5) is 25.0. The Morgan fingerprint density at radius 1 is 1.41 bits per heavy atom. The molecule has 0 aromatic heterocycles. The fraction of sp³-hybridized carbons (Fsp3) is 0.500. The minimum absolute atomic E-state index is 0.0227. The predicted octanol–water partition coefficient (Wildman–Crippen LogP) is 2.85. The zero-order valence-corrected chi connectivity index (χ0v) is 13.4. The van der Waals surface area contributed by atoms with Crippen molar-refractivity contribution in [3.8, 4) is 0 Å². The van der Waals surface area contributed by atoms with Crippen molar-refractivity contribution in [2.75, 3.05) is 19.3 Å². The minimum Gasteiger partial charge on any atom is -0.480 e. The second-order valence-corrected chi connectivity index (χ2v) is 6.36. The highest BCUT2D eigenvalue weighted by Crippen LogP contribution is 2.27. The van der Waals surface area contributed by atoms with Gasteiger partial charge >= 0.3 is 12.1 Å². The first-order chi connectivity index (χ1) is 10.6. The van der Waals surface area contributed by atoms with Crippen LogP contribution in [0.4, 0.5) is 4.79 Å². The molecule has 0 saturated carbocycles. The third-order valence-corrected chi connectivity index (χ3v) is 4.94. The molecule has 1 aliphatic heterocycles. The largest absolute Gasteiger partial charge is 0.480 e. The van der Waals surface area contributed by atoms with Gasteiger partial charge < -0.3 is 14.7 Å². The molecule has 0 radical (unpaired) electrons. The van der Waals surface area contributed by atoms with E-state index in [1.54, 1.807) is 11.2 Å². The summed E-state index contributed by atoms with van der Waals surface area (Å²) in [7, 11) is 0. The number of hydrogen-bond donors (Lipinski definition) is 1. The van der Waals surface area contributed by atoms with Crippen LogP contribution in [0, 0.1) is 5.92 Å². The van der Waals surface area contributed by atoms with E-state index in [2.05, 4.69) is 0 Å². The molecular formula is C16H21NO4S. The number of benzene rings is 1. The maximum atomic E-state index is 12.1. The molecule has 1 saturated heterocycles. The van der Waals surface area contributed by atoms with E-state index in [4.69, 9.17) is 4.74 Å². The van der Waals surface area contributed by atoms with E-state index in [0.717, 1.165) is 18.4 Å². The van der Waals surface area contributed by atoms with E-state index >= 15 is 0 Å². The van der Waals surface area contributed by atoms with E-state index < -0.39 is 11.2 Å². The number of ether oxygens (including phenoxy) is 1. The Kier molecular flexibility index (Phi) is 6.12. The van der Waals surface area contributed by atoms with Crippen molar-refractivity contribution in [2.24, 2.45) is 5.92 Å². The Bertz CT molecular complexity index is 508. The van der Waals surface area contributed by atoms with Gasteiger partial charge in [-0.1, -0.05) is 30.3 Å². The van der Waals surface area contributed by atoms with E-state index in [0.29, 0.717) is 13.1 Å². The SMILES string of the molecule is CSC(C(=O)O)C1CCCN(C(=O)OCc2ccccc2)C1. The van der Waals surface area contributed by atoms with Gasteiger partial charge in [0.1, 0.15) is 11.9 Å². The Balaban J connectivity index is 1.88. The molecule has 0 aliphatic carbocycles. The molecule has 1 aromatic rings. The van der Waals surface area contributed by atoms with Crippen LogP contribution in [0.5, 0.6) is 0 Å². The van der Waals surface area contributed by atoms with Crippen LogP contribution in [0.25, 0.3) is 0 Å². The number of amides is 1. The second kappa shape index (κ2) is 8.08. The highest BCUT2D eigenvalue weighted by atomic mass is 32.2. The summed E-state index contributed by atoms with van der Waals surface area (Å²) >= 11 is 1.33. The maximum absolute atomic E-state index is 12.1. The average molecular weight is 323 g/mol. The van der Waals surface area contributed by atoms with Crippen LogP contribution in [-0.4, -0.2) is 46.7 Å². The summed E-state index contributed by atoms with van der Waals surface area (Å²) in [6.07, 6.45) is 3.08. The maximum Gasteiger partial charge on any atom is 0.410 e. The van der Waals surface area contributed by atoms with Crippen LogP contribution >= 0.6 is 11.8 Å². The first-order valence-corrected chi connectivity index (χ1v) is 8.62. The van der Waals surface area contributed by atoms with Crippen LogP contribution in [0.2, 0.25) is 0 Å². The molecule has 22 heavy (non-hydrogen) atoms. The summed E-state index contributed by atoms with van der Waals surface area (Å²) in [5, 5.41) is 8.78. The molecule has 0 bridgehead atoms. The summed E-state index contributed by atoms with van der Waals surface area (Å²) in [5.41, 5.74) is 0.942. The van der Waals surface area contributed by atoms with Gasteiger partial charge in [-0.2, -0.15) is 0 Å². The zero-order valence-electron chi connectivity index (χ0n) is 12.6. The van der Waals surface area contributed by atoms with Crippen LogP contribution in [0.15, 0.2) is 30.3 Å². The van der Waals surface area contributed by atoms with Crippen LogP contribution < -0.4 is 0 Å². The molecule has 6 heteroatoms. The molecule has 0 spiro atoms. The van der Waals surface area contributed by atoms with Gasteiger partial charge in [-0.3, -0.25) is 4.79 Å². The molecule has 1 fully saturated rings. The van der Waals surface area contributed by atoms with Gasteiger partial charge in [0, 0.05) is 13.1 Å². The smallest absolute Gasteiger partial charge is 0.410 e. The van der Waals surface area contributed by atoms with Gasteiger partial charge in [0.15, 0.2) is 0 Å². The predicted molar refractivity (Wildman–Crippen MR) is 85.9 cm³/mol. The summed E-state index contributed by atoms with van der Waals surface area (Å²) in [6, 6.07) is 9.52. The lowest BCUT2D eigenvalue weighted by molar-refractivity contribution is -0.137. The number of carbonyl (C=O) groups is 2. The van der Waals surface area contributed by atoms with Gasteiger partial charge in [0.2, 0.25) is 0 Å². The topological polar surface area (TPSA) is 66.8 Å². The number of carboxylic acid groups (broad SMARTS) is 1. The van der Waals surface area contributed by atoms with Gasteiger partial charge in [-0.25, -0.2) is 4.79 Å². The van der Waals surface area contributed by atoms with Crippen molar-refractivity contribution >= 4 is 23.8 Å². The number of carboxylic acids is 1. The highest BCUT2D eigenvalue weighted by molar-refractivity contribution is 7.99. The highest BCUT2D eigenvalue weighted by Gasteiger charge is 2.33. The molecular weight excluding hydrogens is 302 g/mol. The number of hydrogen-bond acceptors (Lipinski definition) is 4. The molecule has 1 aromatic carbocycles. The van der Waals surface area contributed by atoms with Crippen molar-refractivity contribution in [3.05, 3.63) is 35.9 Å². The summed E-state index contributed by atoms with van der Waals surface area (Å²) < 4.78 is 5.32. The fourth-order valence-corrected chi connectivity index (χ4v) is 3.54. The van der Waals surface area contributed by atoms with Gasteiger partial charge in [0.05, 0.1) is 0 Å². The monoisotopic (exact) mass is 323 g/mol. The lowest BCUT2D eigenvalue weighted by atomic mass is 9.94. The molecule has 1 N–H and O–H groups in total. The van der Waals surface area contributed by atoms with Crippen molar-refractivity contribution in [3.63, 3.8) is 0 Å². The van der Waals surface area contributed by atoms with Crippen molar-refractivity contribution in [1.29, 1.82) is 0 Å². The number of likely N-dealkylation sites (tertiary alicyclic amines) is 1. The Morgan fingerprint density at radius 3 is 2.77 bits per heavy atom. The number of rotatable bonds is 5. The first kappa shape index (κ1) is 16.7. The normalized spacial score (nSPS) is 19.5. The molecule has 2 unspecified atom stereocenters. The molecule has 1 amide bonds. The summed E-state index contributed by atoms with van der Waals surface area (Å²) in [6.45, 7) is 1.32. The first-order valence-electron chi connectivity index (χ1n) is 7.33. The second-order valence-electron chi connectivity index (χ2n) is 5.38. The van der Waals surface area contributed by atoms with Crippen LogP contribution in [0.1, 0.15) is 18.4 Å². The van der Waals surface area contributed by atoms with E-state index in [1.807, 2.05) is 30.3 Å². The molecule has 2 rings (SSSR count). The van der Waals surface area contributed by atoms with Gasteiger partial charge in [0.25, 0.3) is 0 Å². The number of carbonyl (C=O) groups excluding carboxylic acids is 1. The van der Waals surface area contributed by atoms with Gasteiger partial charge in [-0.05, 0) is 30.6 Å². The number of thioether (sulfide) groups is 1. The fourth-order valence-electron chi connectivity index (χ4n) is 2.73. The van der Waals surface area contributed by atoms with Crippen molar-refractivity contribution < 1.29 is 19.4 Å². The number of nitrogens with zero attached hydrogens (tertiary/aromatic N) is 1. The number of aliphatic carboxylic acids is 1. The van der Waals surface area contributed by atoms with Crippen molar-refractivity contribution in [2.45, 2.75) is 24.7 Å². The van der Waals surface area contributed by atoms with E-state index in [9.17, 15) is 14.7 Å². The quantitative estimate of drug-likeness (QED) is 0.902. The average Bonchev–Trinajstić information content (AvgIpc) is 2.54. The van der Waals surface area contributed by atoms with Crippen molar-refractivity contribution in [1.82, 2.24) is 4.90 Å². The third-order valence-electron chi connectivity index (χ3n) is 3.85. The lowest BCUT2D eigenvalue weighted by Gasteiger charge is -2.34. The van der Waals surface area contributed by atoms with Gasteiger partial charge in [-0.15, -0.1) is 11.8 Å². The van der Waals surface area contributed by atoms with Crippen LogP contribution in [0.3, 0.4) is 0 Å². The van der Waals surface area contributed by atoms with E-state index in [1.165, 1.54) is 11.8 Å². The molecule has 1 heterocycles. The Labute approximate surface area is 134 Å². The van der Waals surface area contributed by atoms with Crippen LogP contribution in [-0.2, 0) is 16.1 Å². The molecule has 120 valence electrons. The zero-order chi connectivity index (χ0) is 15.9. The lowest BCUT2D eigenvalue weighted by Crippen LogP contribution is -2.44. The molecule has 1 aliphatic rings. The Hall–Kier alpha value is -1.69. The number of piperidine rings is 1. The third kappa shape index (κ3) is 4.40. The minimum atomic E-state index is -0.808. The Morgan fingerprint density at radius 2 is 2.14 bits per heavy atom. The summed E-state index contributed by atoms with van der Waals surface area (Å²) in [5.74, 6) is -0.831.